The van der Waals surface area contributed by atoms with Crippen molar-refractivity contribution in [3.05, 3.63) is 42.2 Å². The number of nitriles is 1. The fraction of sp³-hybridized carbons (Fsp3) is 0.381. The van der Waals surface area contributed by atoms with Crippen LogP contribution in [0.2, 0.25) is 0 Å². The van der Waals surface area contributed by atoms with Gasteiger partial charge in [0.15, 0.2) is 11.6 Å². The molecule has 148 valence electrons. The Balaban J connectivity index is 1.66. The number of nitrogens with zero attached hydrogens (tertiary/aromatic N) is 5. The third-order valence-electron chi connectivity index (χ3n) is 5.26. The number of carbonyl (C=O) groups excluding carboxylic acids is 2. The number of aromatic nitrogens is 2. The van der Waals surface area contributed by atoms with Crippen molar-refractivity contribution in [1.82, 2.24) is 9.97 Å². The number of carbonyl (C=O) groups is 2. The molecule has 2 aromatic heterocycles. The number of fused-ring (bicyclic) bond motifs is 4. The number of urea groups is 1. The van der Waals surface area contributed by atoms with E-state index in [9.17, 15) is 14.9 Å². The van der Waals surface area contributed by atoms with Crippen LogP contribution in [0, 0.1) is 16.7 Å². The minimum Gasteiger partial charge on any atom is -0.366 e. The van der Waals surface area contributed by atoms with Crippen LogP contribution in [0.1, 0.15) is 37.2 Å². The average molecular weight is 390 g/mol. The third kappa shape index (κ3) is 3.63. The average Bonchev–Trinajstić information content (AvgIpc) is 3.12. The van der Waals surface area contributed by atoms with Crippen LogP contribution in [-0.2, 0) is 0 Å². The molecule has 0 saturated carbocycles. The van der Waals surface area contributed by atoms with Gasteiger partial charge >= 0.3 is 6.03 Å². The second kappa shape index (κ2) is 7.17. The van der Waals surface area contributed by atoms with E-state index in [2.05, 4.69) is 26.3 Å². The molecular formula is C21H22N6O2. The molecule has 1 N–H and O–H groups in total. The predicted octanol–water partition coefficient (Wildman–Crippen LogP) is 3.23. The Hall–Kier alpha value is -3.47. The molecule has 2 aliphatic heterocycles. The zero-order valence-corrected chi connectivity index (χ0v) is 16.4. The first-order valence-corrected chi connectivity index (χ1v) is 9.60. The molecule has 0 aromatic carbocycles. The van der Waals surface area contributed by atoms with E-state index >= 15 is 0 Å². The first-order valence-electron chi connectivity index (χ1n) is 9.60. The van der Waals surface area contributed by atoms with Gasteiger partial charge in [0, 0.05) is 25.7 Å². The lowest BCUT2D eigenvalue weighted by Gasteiger charge is -2.35. The standard InChI is InChI=1S/C21H22N6O2/c1-21(2,13-22)11-17(28)15-6-7-16-19(24-15)27(14-8-10-26(16)12-14)20(29)25-18-5-3-4-9-23-18/h3-7,9,14H,8,10-12H2,1-2H3,(H,23,25,29)/t14-/m0/s1. The van der Waals surface area contributed by atoms with Crippen LogP contribution in [0.3, 0.4) is 0 Å². The van der Waals surface area contributed by atoms with E-state index < -0.39 is 5.41 Å². The molecule has 0 aliphatic carbocycles. The molecule has 8 nitrogen and oxygen atoms in total. The van der Waals surface area contributed by atoms with Crippen molar-refractivity contribution in [3.8, 4) is 6.07 Å². The number of amides is 2. The van der Waals surface area contributed by atoms with E-state index in [1.54, 1.807) is 49.2 Å². The Bertz CT molecular complexity index is 998. The molecule has 2 aromatic rings. The van der Waals surface area contributed by atoms with Gasteiger partial charge in [-0.3, -0.25) is 15.0 Å². The zero-order valence-electron chi connectivity index (χ0n) is 16.4. The molecule has 0 unspecified atom stereocenters. The summed E-state index contributed by atoms with van der Waals surface area (Å²) in [7, 11) is 0. The largest absolute Gasteiger partial charge is 0.366 e. The van der Waals surface area contributed by atoms with Crippen LogP contribution >= 0.6 is 0 Å². The minimum atomic E-state index is -0.771. The summed E-state index contributed by atoms with van der Waals surface area (Å²) < 4.78 is 0. The van der Waals surface area contributed by atoms with Crippen molar-refractivity contribution in [2.24, 2.45) is 5.41 Å². The molecule has 0 radical (unpaired) electrons. The number of ketones is 1. The van der Waals surface area contributed by atoms with Gasteiger partial charge in [-0.05, 0) is 44.5 Å². The van der Waals surface area contributed by atoms with E-state index in [1.165, 1.54) is 0 Å². The first kappa shape index (κ1) is 18.9. The smallest absolute Gasteiger partial charge is 0.329 e. The molecule has 4 heterocycles. The lowest BCUT2D eigenvalue weighted by Crippen LogP contribution is -2.48. The van der Waals surface area contributed by atoms with Gasteiger partial charge < -0.3 is 4.90 Å². The molecule has 8 heteroatoms. The van der Waals surface area contributed by atoms with Gasteiger partial charge in [0.25, 0.3) is 0 Å². The van der Waals surface area contributed by atoms with Crippen LogP contribution in [0.5, 0.6) is 0 Å². The molecule has 4 rings (SSSR count). The van der Waals surface area contributed by atoms with Crippen molar-refractivity contribution in [2.75, 3.05) is 28.2 Å². The maximum atomic E-state index is 13.1. The predicted molar refractivity (Wildman–Crippen MR) is 109 cm³/mol. The summed E-state index contributed by atoms with van der Waals surface area (Å²) in [6, 6.07) is 10.6. The summed E-state index contributed by atoms with van der Waals surface area (Å²) in [5.41, 5.74) is 0.337. The first-order chi connectivity index (χ1) is 13.9. The second-order valence-electron chi connectivity index (χ2n) is 8.04. The van der Waals surface area contributed by atoms with Gasteiger partial charge in [-0.2, -0.15) is 5.26 Å². The monoisotopic (exact) mass is 390 g/mol. The molecule has 2 amide bonds. The van der Waals surface area contributed by atoms with E-state index in [1.807, 2.05) is 6.07 Å². The van der Waals surface area contributed by atoms with Gasteiger partial charge in [-0.1, -0.05) is 6.07 Å². The van der Waals surface area contributed by atoms with Gasteiger partial charge in [0.1, 0.15) is 11.5 Å². The highest BCUT2D eigenvalue weighted by molar-refractivity contribution is 6.05. The summed E-state index contributed by atoms with van der Waals surface area (Å²) >= 11 is 0. The Kier molecular flexibility index (Phi) is 4.66. The number of hydrogen-bond donors (Lipinski definition) is 1. The molecule has 2 aliphatic rings. The van der Waals surface area contributed by atoms with Crippen LogP contribution in [0.4, 0.5) is 22.1 Å². The van der Waals surface area contributed by atoms with E-state index in [-0.39, 0.29) is 30.0 Å². The number of hydrogen-bond acceptors (Lipinski definition) is 6. The summed E-state index contributed by atoms with van der Waals surface area (Å²) in [6.07, 6.45) is 2.52. The highest BCUT2D eigenvalue weighted by Gasteiger charge is 2.40. The quantitative estimate of drug-likeness (QED) is 0.804. The number of nitrogens with one attached hydrogen (secondary N) is 1. The summed E-state index contributed by atoms with van der Waals surface area (Å²) in [4.78, 5) is 38.3. The Labute approximate surface area is 169 Å². The van der Waals surface area contributed by atoms with Crippen LogP contribution < -0.4 is 15.1 Å². The zero-order chi connectivity index (χ0) is 20.6. The highest BCUT2D eigenvalue weighted by Crippen LogP contribution is 2.39. The molecule has 29 heavy (non-hydrogen) atoms. The number of pyridine rings is 2. The molecule has 1 saturated heterocycles. The maximum absolute atomic E-state index is 13.1. The number of rotatable bonds is 4. The van der Waals surface area contributed by atoms with Gasteiger partial charge in [-0.25, -0.2) is 14.8 Å². The minimum absolute atomic E-state index is 0.0142. The van der Waals surface area contributed by atoms with Gasteiger partial charge in [-0.15, -0.1) is 0 Å². The van der Waals surface area contributed by atoms with Crippen molar-refractivity contribution < 1.29 is 9.59 Å². The lowest BCUT2D eigenvalue weighted by atomic mass is 9.88. The van der Waals surface area contributed by atoms with Gasteiger partial charge in [0.2, 0.25) is 0 Å². The molecule has 1 atom stereocenters. The normalized spacial score (nSPS) is 17.5. The Morgan fingerprint density at radius 3 is 2.86 bits per heavy atom. The van der Waals surface area contributed by atoms with Crippen LogP contribution in [0.25, 0.3) is 0 Å². The van der Waals surface area contributed by atoms with Crippen molar-refractivity contribution in [1.29, 1.82) is 5.26 Å². The van der Waals surface area contributed by atoms with Crippen LogP contribution in [-0.4, -0.2) is 40.9 Å². The summed E-state index contributed by atoms with van der Waals surface area (Å²) in [5, 5.41) is 12.0. The molecule has 0 spiro atoms. The molecular weight excluding hydrogens is 368 g/mol. The summed E-state index contributed by atoms with van der Waals surface area (Å²) in [6.45, 7) is 5.02. The van der Waals surface area contributed by atoms with E-state index in [0.717, 1.165) is 25.2 Å². The Morgan fingerprint density at radius 1 is 1.31 bits per heavy atom. The number of Topliss-reactive ketones (excluding diaryl/α,β-unsaturated/α-hetero) is 1. The SMILES string of the molecule is CC(C)(C#N)CC(=O)c1ccc2c(n1)N(C(=O)Nc1ccccn1)[C@H]1CCN2C1. The van der Waals surface area contributed by atoms with E-state index in [4.69, 9.17) is 0 Å². The Morgan fingerprint density at radius 2 is 2.14 bits per heavy atom. The van der Waals surface area contributed by atoms with Crippen LogP contribution in [0.15, 0.2) is 36.5 Å². The third-order valence-corrected chi connectivity index (χ3v) is 5.26. The van der Waals surface area contributed by atoms with Crippen molar-refractivity contribution in [2.45, 2.75) is 32.7 Å². The number of anilines is 3. The fourth-order valence-corrected chi connectivity index (χ4v) is 3.76. The van der Waals surface area contributed by atoms with E-state index in [0.29, 0.717) is 11.6 Å². The second-order valence-corrected chi connectivity index (χ2v) is 8.04. The lowest BCUT2D eigenvalue weighted by molar-refractivity contribution is 0.0947. The molecule has 2 bridgehead atoms. The highest BCUT2D eigenvalue weighted by atomic mass is 16.2. The van der Waals surface area contributed by atoms with Crippen molar-refractivity contribution in [3.63, 3.8) is 0 Å². The van der Waals surface area contributed by atoms with Crippen molar-refractivity contribution >= 4 is 29.1 Å². The van der Waals surface area contributed by atoms with Gasteiger partial charge in [0.05, 0.1) is 23.2 Å². The topological polar surface area (TPSA) is 102 Å². The fourth-order valence-electron chi connectivity index (χ4n) is 3.76. The summed E-state index contributed by atoms with van der Waals surface area (Å²) in [5.74, 6) is 0.729. The maximum Gasteiger partial charge on any atom is 0.329 e. The molecule has 1 fully saturated rings.